The molecule has 1 N–H and O–H groups in total. The van der Waals surface area contributed by atoms with Gasteiger partial charge in [-0.05, 0) is 17.2 Å². The van der Waals surface area contributed by atoms with E-state index < -0.39 is 4.92 Å². The summed E-state index contributed by atoms with van der Waals surface area (Å²) in [7, 11) is 0. The Kier molecular flexibility index (Phi) is 5.19. The summed E-state index contributed by atoms with van der Waals surface area (Å²) in [5, 5.41) is 17.7. The Labute approximate surface area is 149 Å². The quantitative estimate of drug-likeness (QED) is 0.419. The second-order valence-electron chi connectivity index (χ2n) is 5.56. The van der Waals surface area contributed by atoms with Crippen LogP contribution < -0.4 is 5.32 Å². The van der Waals surface area contributed by atoms with E-state index in [2.05, 4.69) is 10.4 Å². The van der Waals surface area contributed by atoms with Crippen LogP contribution in [0.3, 0.4) is 0 Å². The lowest BCUT2D eigenvalue weighted by atomic mass is 10.2. The number of nitrogens with one attached hydrogen (secondary N) is 1. The molecule has 0 saturated heterocycles. The highest BCUT2D eigenvalue weighted by Gasteiger charge is 2.05. The molecule has 0 aliphatic rings. The normalized spacial score (nSPS) is 10.8. The van der Waals surface area contributed by atoms with Crippen LogP contribution in [0.25, 0.3) is 6.08 Å². The predicted octanol–water partition coefficient (Wildman–Crippen LogP) is 3.49. The highest BCUT2D eigenvalue weighted by Crippen LogP contribution is 2.14. The number of rotatable bonds is 6. The number of carbonyl (C=O) groups excluding carboxylic acids is 1. The molecular formula is C19H16N4O3. The third kappa shape index (κ3) is 4.64. The minimum Gasteiger partial charge on any atom is -0.306 e. The Bertz CT molecular complexity index is 948. The first-order valence-corrected chi connectivity index (χ1v) is 7.91. The molecule has 7 heteroatoms. The van der Waals surface area contributed by atoms with Crippen LogP contribution in [-0.4, -0.2) is 20.6 Å². The van der Waals surface area contributed by atoms with Crippen molar-refractivity contribution in [3.8, 4) is 0 Å². The van der Waals surface area contributed by atoms with Gasteiger partial charge in [0.2, 0.25) is 5.91 Å². The molecule has 1 amide bonds. The lowest BCUT2D eigenvalue weighted by Gasteiger charge is -2.01. The second kappa shape index (κ2) is 7.89. The third-order valence-electron chi connectivity index (χ3n) is 3.59. The molecule has 1 heterocycles. The Morgan fingerprint density at radius 3 is 2.73 bits per heavy atom. The molecule has 3 aromatic rings. The molecule has 26 heavy (non-hydrogen) atoms. The molecule has 0 radical (unpaired) electrons. The fraction of sp³-hybridized carbons (Fsp3) is 0.0526. The van der Waals surface area contributed by atoms with E-state index in [1.807, 2.05) is 30.3 Å². The van der Waals surface area contributed by atoms with E-state index >= 15 is 0 Å². The van der Waals surface area contributed by atoms with Crippen LogP contribution >= 0.6 is 0 Å². The van der Waals surface area contributed by atoms with Crippen LogP contribution in [0.4, 0.5) is 11.5 Å². The summed E-state index contributed by atoms with van der Waals surface area (Å²) in [6.45, 7) is 0.611. The minimum atomic E-state index is -0.475. The Morgan fingerprint density at radius 1 is 1.15 bits per heavy atom. The molecule has 3 rings (SSSR count). The summed E-state index contributed by atoms with van der Waals surface area (Å²) in [6, 6.07) is 17.6. The summed E-state index contributed by atoms with van der Waals surface area (Å²) < 4.78 is 1.73. The number of amides is 1. The van der Waals surface area contributed by atoms with Crippen molar-refractivity contribution < 1.29 is 9.72 Å². The van der Waals surface area contributed by atoms with Gasteiger partial charge in [0.25, 0.3) is 5.69 Å². The molecule has 130 valence electrons. The van der Waals surface area contributed by atoms with Gasteiger partial charge in [0.15, 0.2) is 5.82 Å². The summed E-state index contributed by atoms with van der Waals surface area (Å²) in [5.41, 5.74) is 1.66. The van der Waals surface area contributed by atoms with Crippen LogP contribution in [-0.2, 0) is 11.3 Å². The molecular weight excluding hydrogens is 332 g/mol. The standard InChI is InChI=1S/C19H16N4O3/c24-19(10-9-15-7-4-8-17(13-15)23(25)26)20-18-11-12-22(21-18)14-16-5-2-1-3-6-16/h1-13H,14H2,(H,20,21,24)/b10-9+. The van der Waals surface area contributed by atoms with Gasteiger partial charge >= 0.3 is 0 Å². The van der Waals surface area contributed by atoms with Gasteiger partial charge in [0.1, 0.15) is 0 Å². The molecule has 0 aliphatic heterocycles. The summed E-state index contributed by atoms with van der Waals surface area (Å²) in [5.74, 6) is 0.0797. The molecule has 7 nitrogen and oxygen atoms in total. The fourth-order valence-corrected chi connectivity index (χ4v) is 2.37. The minimum absolute atomic E-state index is 0.0211. The van der Waals surface area contributed by atoms with Crippen molar-refractivity contribution in [2.24, 2.45) is 0 Å². The van der Waals surface area contributed by atoms with Crippen LogP contribution in [0.5, 0.6) is 0 Å². The maximum absolute atomic E-state index is 12.0. The first kappa shape index (κ1) is 17.1. The van der Waals surface area contributed by atoms with Crippen molar-refractivity contribution >= 4 is 23.5 Å². The fourth-order valence-electron chi connectivity index (χ4n) is 2.37. The Morgan fingerprint density at radius 2 is 1.96 bits per heavy atom. The number of anilines is 1. The maximum atomic E-state index is 12.0. The van der Waals surface area contributed by atoms with Gasteiger partial charge in [0, 0.05) is 30.5 Å². The van der Waals surface area contributed by atoms with Gasteiger partial charge in [0.05, 0.1) is 11.5 Å². The van der Waals surface area contributed by atoms with Crippen molar-refractivity contribution in [1.82, 2.24) is 9.78 Å². The molecule has 0 saturated carbocycles. The average Bonchev–Trinajstić information content (AvgIpc) is 3.08. The Hall–Kier alpha value is -3.74. The topological polar surface area (TPSA) is 90.1 Å². The van der Waals surface area contributed by atoms with Gasteiger partial charge in [-0.2, -0.15) is 5.10 Å². The SMILES string of the molecule is O=C(/C=C/c1cccc([N+](=O)[O-])c1)Nc1ccn(Cc2ccccc2)n1. The van der Waals surface area contributed by atoms with Crippen molar-refractivity contribution in [3.63, 3.8) is 0 Å². The highest BCUT2D eigenvalue weighted by molar-refractivity contribution is 6.01. The molecule has 0 bridgehead atoms. The molecule has 0 aliphatic carbocycles. The first-order valence-electron chi connectivity index (χ1n) is 7.91. The summed E-state index contributed by atoms with van der Waals surface area (Å²) in [4.78, 5) is 22.3. The summed E-state index contributed by atoms with van der Waals surface area (Å²) in [6.07, 6.45) is 4.62. The molecule has 1 aromatic heterocycles. The van der Waals surface area contributed by atoms with Crippen molar-refractivity contribution in [1.29, 1.82) is 0 Å². The number of hydrogen-bond donors (Lipinski definition) is 1. The predicted molar refractivity (Wildman–Crippen MR) is 98.5 cm³/mol. The average molecular weight is 348 g/mol. The number of hydrogen-bond acceptors (Lipinski definition) is 4. The summed E-state index contributed by atoms with van der Waals surface area (Å²) >= 11 is 0. The maximum Gasteiger partial charge on any atom is 0.270 e. The Balaban J connectivity index is 1.60. The van der Waals surface area contributed by atoms with E-state index in [-0.39, 0.29) is 11.6 Å². The van der Waals surface area contributed by atoms with Crippen LogP contribution in [0.15, 0.2) is 72.9 Å². The van der Waals surface area contributed by atoms with Crippen molar-refractivity contribution in [2.45, 2.75) is 6.54 Å². The number of nitro benzene ring substituents is 1. The number of carbonyl (C=O) groups is 1. The van der Waals surface area contributed by atoms with E-state index in [4.69, 9.17) is 0 Å². The van der Waals surface area contributed by atoms with Crippen LogP contribution in [0, 0.1) is 10.1 Å². The van der Waals surface area contributed by atoms with Crippen LogP contribution in [0.1, 0.15) is 11.1 Å². The number of aromatic nitrogens is 2. The highest BCUT2D eigenvalue weighted by atomic mass is 16.6. The molecule has 0 unspecified atom stereocenters. The third-order valence-corrected chi connectivity index (χ3v) is 3.59. The lowest BCUT2D eigenvalue weighted by molar-refractivity contribution is -0.384. The molecule has 2 aromatic carbocycles. The van der Waals surface area contributed by atoms with E-state index in [1.165, 1.54) is 24.3 Å². The number of benzene rings is 2. The lowest BCUT2D eigenvalue weighted by Crippen LogP contribution is -2.09. The smallest absolute Gasteiger partial charge is 0.270 e. The van der Waals surface area contributed by atoms with Crippen molar-refractivity contribution in [2.75, 3.05) is 5.32 Å². The number of non-ortho nitro benzene ring substituents is 1. The largest absolute Gasteiger partial charge is 0.306 e. The molecule has 0 atom stereocenters. The number of nitrogens with zero attached hydrogens (tertiary/aromatic N) is 3. The van der Waals surface area contributed by atoms with E-state index in [9.17, 15) is 14.9 Å². The van der Waals surface area contributed by atoms with Gasteiger partial charge in [-0.3, -0.25) is 19.6 Å². The van der Waals surface area contributed by atoms with E-state index in [1.54, 1.807) is 29.1 Å². The van der Waals surface area contributed by atoms with Gasteiger partial charge in [-0.15, -0.1) is 0 Å². The van der Waals surface area contributed by atoms with E-state index in [0.29, 0.717) is 17.9 Å². The second-order valence-corrected chi connectivity index (χ2v) is 5.56. The monoisotopic (exact) mass is 348 g/mol. The molecule has 0 spiro atoms. The first-order chi connectivity index (χ1) is 12.6. The van der Waals surface area contributed by atoms with Gasteiger partial charge in [-0.1, -0.05) is 42.5 Å². The molecule has 0 fully saturated rings. The zero-order valence-corrected chi connectivity index (χ0v) is 13.8. The van der Waals surface area contributed by atoms with E-state index in [0.717, 1.165) is 5.56 Å². The zero-order valence-electron chi connectivity index (χ0n) is 13.8. The zero-order chi connectivity index (χ0) is 18.4. The van der Waals surface area contributed by atoms with Gasteiger partial charge < -0.3 is 5.32 Å². The van der Waals surface area contributed by atoms with Crippen LogP contribution in [0.2, 0.25) is 0 Å². The number of nitro groups is 1. The van der Waals surface area contributed by atoms with Gasteiger partial charge in [-0.25, -0.2) is 0 Å². The van der Waals surface area contributed by atoms with Crippen molar-refractivity contribution in [3.05, 3.63) is 94.2 Å².